The fraction of sp³-hybridized carbons (Fsp3) is 0.565. The number of piperidine rings is 1. The second-order valence-electron chi connectivity index (χ2n) is 8.26. The minimum atomic E-state index is -0.0728. The van der Waals surface area contributed by atoms with Gasteiger partial charge in [-0.2, -0.15) is 0 Å². The summed E-state index contributed by atoms with van der Waals surface area (Å²) in [5.41, 5.74) is 3.34. The summed E-state index contributed by atoms with van der Waals surface area (Å²) in [6.45, 7) is 3.80. The number of carbonyl (C=O) groups excluding carboxylic acids is 2. The van der Waals surface area contributed by atoms with Crippen LogP contribution in [0.4, 0.5) is 0 Å². The van der Waals surface area contributed by atoms with Crippen LogP contribution in [-0.2, 0) is 9.59 Å². The highest BCUT2D eigenvalue weighted by Crippen LogP contribution is 2.36. The number of nitrogens with zero attached hydrogens (tertiary/aromatic N) is 2. The second-order valence-corrected chi connectivity index (χ2v) is 8.26. The van der Waals surface area contributed by atoms with Crippen molar-refractivity contribution in [1.29, 1.82) is 0 Å². The van der Waals surface area contributed by atoms with Gasteiger partial charge < -0.3 is 4.90 Å². The average molecular weight is 367 g/mol. The van der Waals surface area contributed by atoms with Crippen LogP contribution in [0.15, 0.2) is 30.0 Å². The first-order chi connectivity index (χ1) is 13.2. The molecule has 0 atom stereocenters. The van der Waals surface area contributed by atoms with Crippen LogP contribution in [-0.4, -0.2) is 40.7 Å². The van der Waals surface area contributed by atoms with E-state index in [1.807, 2.05) is 31.2 Å². The summed E-state index contributed by atoms with van der Waals surface area (Å²) in [6.07, 6.45) is 9.94. The normalized spacial score (nSPS) is 22.6. The second kappa shape index (κ2) is 7.87. The van der Waals surface area contributed by atoms with E-state index in [-0.39, 0.29) is 17.9 Å². The Kier molecular flexibility index (Phi) is 5.33. The predicted octanol–water partition coefficient (Wildman–Crippen LogP) is 4.28. The molecule has 144 valence electrons. The molecule has 1 aliphatic carbocycles. The summed E-state index contributed by atoms with van der Waals surface area (Å²) in [7, 11) is 0. The number of hydrogen-bond donors (Lipinski definition) is 0. The Morgan fingerprint density at radius 3 is 2.00 bits per heavy atom. The molecule has 27 heavy (non-hydrogen) atoms. The van der Waals surface area contributed by atoms with Crippen molar-refractivity contribution in [2.24, 2.45) is 0 Å². The van der Waals surface area contributed by atoms with E-state index in [0.717, 1.165) is 62.7 Å². The zero-order valence-electron chi connectivity index (χ0n) is 16.4. The molecule has 2 heterocycles. The van der Waals surface area contributed by atoms with Crippen molar-refractivity contribution in [3.63, 3.8) is 0 Å². The van der Waals surface area contributed by atoms with Crippen molar-refractivity contribution in [2.45, 2.75) is 70.8 Å². The number of carbonyl (C=O) groups is 2. The van der Waals surface area contributed by atoms with Crippen molar-refractivity contribution in [1.82, 2.24) is 9.80 Å². The smallest absolute Gasteiger partial charge is 0.278 e. The third-order valence-electron chi connectivity index (χ3n) is 6.29. The molecule has 0 unspecified atom stereocenters. The molecular weight excluding hydrogens is 336 g/mol. The highest BCUT2D eigenvalue weighted by molar-refractivity contribution is 6.35. The molecule has 1 aromatic rings. The zero-order chi connectivity index (χ0) is 18.8. The minimum Gasteiger partial charge on any atom is -0.366 e. The lowest BCUT2D eigenvalue weighted by molar-refractivity contribution is -0.140. The summed E-state index contributed by atoms with van der Waals surface area (Å²) in [6, 6.07) is 8.12. The predicted molar refractivity (Wildman–Crippen MR) is 107 cm³/mol. The van der Waals surface area contributed by atoms with Crippen LogP contribution < -0.4 is 0 Å². The molecule has 4 rings (SSSR count). The van der Waals surface area contributed by atoms with Gasteiger partial charge in [-0.25, -0.2) is 0 Å². The molecule has 0 N–H and O–H groups in total. The van der Waals surface area contributed by atoms with Crippen LogP contribution in [0, 0.1) is 6.92 Å². The molecule has 4 heteroatoms. The molecule has 4 nitrogen and oxygen atoms in total. The van der Waals surface area contributed by atoms with Gasteiger partial charge >= 0.3 is 0 Å². The Balaban J connectivity index is 1.73. The van der Waals surface area contributed by atoms with Gasteiger partial charge in [0, 0.05) is 19.1 Å². The summed E-state index contributed by atoms with van der Waals surface area (Å²) < 4.78 is 0. The van der Waals surface area contributed by atoms with Crippen LogP contribution in [0.25, 0.3) is 5.57 Å². The molecule has 1 saturated carbocycles. The molecule has 0 spiro atoms. The van der Waals surface area contributed by atoms with Gasteiger partial charge in [-0.05, 0) is 44.6 Å². The van der Waals surface area contributed by atoms with Crippen molar-refractivity contribution < 1.29 is 9.59 Å². The van der Waals surface area contributed by atoms with Gasteiger partial charge in [-0.15, -0.1) is 0 Å². The molecule has 2 aliphatic heterocycles. The number of rotatable bonds is 3. The molecule has 2 amide bonds. The van der Waals surface area contributed by atoms with Gasteiger partial charge in [0.15, 0.2) is 0 Å². The fourth-order valence-corrected chi connectivity index (χ4v) is 4.77. The molecule has 0 bridgehead atoms. The molecule has 1 saturated heterocycles. The first-order valence-corrected chi connectivity index (χ1v) is 10.6. The van der Waals surface area contributed by atoms with Gasteiger partial charge in [0.1, 0.15) is 5.70 Å². The monoisotopic (exact) mass is 366 g/mol. The zero-order valence-corrected chi connectivity index (χ0v) is 16.4. The average Bonchev–Trinajstić information content (AvgIpc) is 2.85. The number of amides is 2. The topological polar surface area (TPSA) is 40.6 Å². The molecule has 3 aliphatic rings. The summed E-state index contributed by atoms with van der Waals surface area (Å²) >= 11 is 0. The Bertz CT molecular complexity index is 736. The highest BCUT2D eigenvalue weighted by Gasteiger charge is 2.44. The molecule has 0 radical (unpaired) electrons. The Hall–Kier alpha value is -2.10. The van der Waals surface area contributed by atoms with E-state index in [4.69, 9.17) is 0 Å². The third kappa shape index (κ3) is 3.54. The molecule has 2 fully saturated rings. The van der Waals surface area contributed by atoms with Gasteiger partial charge in [-0.1, -0.05) is 55.5 Å². The maximum Gasteiger partial charge on any atom is 0.278 e. The number of aryl methyl sites for hydroxylation is 1. The lowest BCUT2D eigenvalue weighted by Crippen LogP contribution is -2.43. The lowest BCUT2D eigenvalue weighted by Gasteiger charge is -2.31. The number of likely N-dealkylation sites (tertiary alicyclic amines) is 1. The van der Waals surface area contributed by atoms with Crippen LogP contribution in [0.1, 0.15) is 68.9 Å². The van der Waals surface area contributed by atoms with Crippen molar-refractivity contribution in [3.8, 4) is 0 Å². The summed E-state index contributed by atoms with van der Waals surface area (Å²) in [5.74, 6) is -0.124. The minimum absolute atomic E-state index is 0.0515. The quantitative estimate of drug-likeness (QED) is 0.592. The third-order valence-corrected chi connectivity index (χ3v) is 6.29. The van der Waals surface area contributed by atoms with E-state index < -0.39 is 0 Å². The number of benzene rings is 1. The summed E-state index contributed by atoms with van der Waals surface area (Å²) in [4.78, 5) is 30.8. The SMILES string of the molecule is Cc1ccc(C2=C(N3CCCCC3)C(=O)N(C3CCCCCC3)C2=O)cc1. The van der Waals surface area contributed by atoms with Crippen molar-refractivity contribution in [3.05, 3.63) is 41.1 Å². The number of imide groups is 1. The standard InChI is InChI=1S/C23H30N2O2/c1-17-11-13-18(14-12-17)20-21(24-15-7-4-8-16-24)23(27)25(22(20)26)19-9-5-2-3-6-10-19/h11-14,19H,2-10,15-16H2,1H3. The van der Waals surface area contributed by atoms with Gasteiger partial charge in [0.2, 0.25) is 0 Å². The van der Waals surface area contributed by atoms with Crippen molar-refractivity contribution >= 4 is 17.4 Å². The summed E-state index contributed by atoms with van der Waals surface area (Å²) in [5, 5.41) is 0. The highest BCUT2D eigenvalue weighted by atomic mass is 16.2. The largest absolute Gasteiger partial charge is 0.366 e. The Morgan fingerprint density at radius 2 is 1.37 bits per heavy atom. The molecular formula is C23H30N2O2. The fourth-order valence-electron chi connectivity index (χ4n) is 4.77. The van der Waals surface area contributed by atoms with Crippen molar-refractivity contribution in [2.75, 3.05) is 13.1 Å². The van der Waals surface area contributed by atoms with Gasteiger partial charge in [-0.3, -0.25) is 14.5 Å². The van der Waals surface area contributed by atoms with E-state index in [1.165, 1.54) is 19.3 Å². The van der Waals surface area contributed by atoms with E-state index in [2.05, 4.69) is 4.90 Å². The van der Waals surface area contributed by atoms with Crippen LogP contribution in [0.2, 0.25) is 0 Å². The van der Waals surface area contributed by atoms with E-state index >= 15 is 0 Å². The first kappa shape index (κ1) is 18.3. The van der Waals surface area contributed by atoms with E-state index in [1.54, 1.807) is 4.90 Å². The Morgan fingerprint density at radius 1 is 0.778 bits per heavy atom. The van der Waals surface area contributed by atoms with Crippen LogP contribution in [0.5, 0.6) is 0 Å². The van der Waals surface area contributed by atoms with Gasteiger partial charge in [0.05, 0.1) is 5.57 Å². The van der Waals surface area contributed by atoms with Crippen LogP contribution in [0.3, 0.4) is 0 Å². The van der Waals surface area contributed by atoms with E-state index in [9.17, 15) is 9.59 Å². The number of hydrogen-bond acceptors (Lipinski definition) is 3. The molecule has 0 aromatic heterocycles. The van der Waals surface area contributed by atoms with Crippen LogP contribution >= 0.6 is 0 Å². The maximum absolute atomic E-state index is 13.5. The van der Waals surface area contributed by atoms with E-state index in [0.29, 0.717) is 11.3 Å². The molecule has 1 aromatic carbocycles. The first-order valence-electron chi connectivity index (χ1n) is 10.6. The van der Waals surface area contributed by atoms with Gasteiger partial charge in [0.25, 0.3) is 11.8 Å². The Labute approximate surface area is 162 Å². The lowest BCUT2D eigenvalue weighted by atomic mass is 10.0. The maximum atomic E-state index is 13.5.